The van der Waals surface area contributed by atoms with Crippen molar-refractivity contribution in [2.24, 2.45) is 0 Å². The zero-order valence-electron chi connectivity index (χ0n) is 18.9. The van der Waals surface area contributed by atoms with E-state index in [-0.39, 0.29) is 5.91 Å². The lowest BCUT2D eigenvalue weighted by molar-refractivity contribution is -0.116. The number of rotatable bonds is 9. The van der Waals surface area contributed by atoms with E-state index in [9.17, 15) is 9.90 Å². The lowest BCUT2D eigenvalue weighted by atomic mass is 9.89. The molecule has 174 valence electrons. The van der Waals surface area contributed by atoms with Gasteiger partial charge < -0.3 is 20.3 Å². The number of nitrogens with one attached hydrogen (secondary N) is 2. The van der Waals surface area contributed by atoms with Crippen molar-refractivity contribution >= 4 is 45.5 Å². The van der Waals surface area contributed by atoms with Gasteiger partial charge in [-0.25, -0.2) is 0 Å². The highest BCUT2D eigenvalue weighted by molar-refractivity contribution is 14.1. The second-order valence-corrected chi connectivity index (χ2v) is 10.1. The maximum Gasteiger partial charge on any atom is 0.243 e. The van der Waals surface area contributed by atoms with Crippen molar-refractivity contribution in [3.05, 3.63) is 69.4 Å². The average Bonchev–Trinajstić information content (AvgIpc) is 3.24. The van der Waals surface area contributed by atoms with Crippen molar-refractivity contribution in [2.75, 3.05) is 26.2 Å². The van der Waals surface area contributed by atoms with Crippen LogP contribution in [0.15, 0.2) is 54.7 Å². The lowest BCUT2D eigenvalue weighted by Crippen LogP contribution is -2.33. The maximum atomic E-state index is 12.0. The summed E-state index contributed by atoms with van der Waals surface area (Å²) < 4.78 is 1.19. The van der Waals surface area contributed by atoms with Crippen LogP contribution in [0.2, 0.25) is 0 Å². The van der Waals surface area contributed by atoms with Crippen molar-refractivity contribution < 1.29 is 9.90 Å². The molecule has 1 aromatic heterocycles. The van der Waals surface area contributed by atoms with Crippen LogP contribution in [0, 0.1) is 3.57 Å². The second-order valence-electron chi connectivity index (χ2n) is 8.83. The van der Waals surface area contributed by atoms with E-state index in [4.69, 9.17) is 0 Å². The van der Waals surface area contributed by atoms with E-state index in [0.717, 1.165) is 68.3 Å². The van der Waals surface area contributed by atoms with Gasteiger partial charge in [0, 0.05) is 33.3 Å². The highest BCUT2D eigenvalue weighted by atomic mass is 127. The lowest BCUT2D eigenvalue weighted by Gasteiger charge is -2.32. The van der Waals surface area contributed by atoms with Crippen LogP contribution in [0.5, 0.6) is 5.75 Å². The van der Waals surface area contributed by atoms with Gasteiger partial charge in [0.1, 0.15) is 5.75 Å². The van der Waals surface area contributed by atoms with E-state index >= 15 is 0 Å². The van der Waals surface area contributed by atoms with Crippen molar-refractivity contribution in [2.45, 2.75) is 38.0 Å². The van der Waals surface area contributed by atoms with E-state index in [1.165, 1.54) is 15.6 Å². The molecule has 2 heterocycles. The Morgan fingerprint density at radius 2 is 1.91 bits per heavy atom. The number of phenols is 1. The summed E-state index contributed by atoms with van der Waals surface area (Å²) in [5, 5.41) is 14.0. The third-order valence-corrected chi connectivity index (χ3v) is 7.19. The number of aromatic nitrogens is 1. The molecule has 3 aromatic rings. The predicted octanol–water partition coefficient (Wildman–Crippen LogP) is 5.66. The zero-order valence-corrected chi connectivity index (χ0v) is 21.1. The first-order valence-electron chi connectivity index (χ1n) is 11.8. The van der Waals surface area contributed by atoms with E-state index in [1.54, 1.807) is 12.1 Å². The Bertz CT molecular complexity index is 1080. The molecule has 0 radical (unpaired) electrons. The van der Waals surface area contributed by atoms with Crippen molar-refractivity contribution in [3.8, 4) is 5.75 Å². The fraction of sp³-hybridized carbons (Fsp3) is 0.370. The summed E-state index contributed by atoms with van der Waals surface area (Å²) in [6.45, 7) is 4.10. The fourth-order valence-corrected chi connectivity index (χ4v) is 4.95. The van der Waals surface area contributed by atoms with E-state index < -0.39 is 0 Å². The van der Waals surface area contributed by atoms with Gasteiger partial charge in [-0.2, -0.15) is 0 Å². The van der Waals surface area contributed by atoms with Crippen molar-refractivity contribution in [1.82, 2.24) is 15.2 Å². The number of piperidine rings is 1. The highest BCUT2D eigenvalue weighted by Gasteiger charge is 2.22. The Balaban J connectivity index is 1.10. The van der Waals surface area contributed by atoms with Crippen molar-refractivity contribution in [1.29, 1.82) is 0 Å². The molecular weight excluding hydrogens is 525 g/mol. The van der Waals surface area contributed by atoms with Gasteiger partial charge in [-0.3, -0.25) is 4.79 Å². The molecule has 1 aliphatic heterocycles. The van der Waals surface area contributed by atoms with Crippen LogP contribution < -0.4 is 5.32 Å². The zero-order chi connectivity index (χ0) is 23.0. The van der Waals surface area contributed by atoms with Gasteiger partial charge in [0.15, 0.2) is 0 Å². The summed E-state index contributed by atoms with van der Waals surface area (Å²) in [7, 11) is 0. The molecule has 0 spiro atoms. The normalized spacial score (nSPS) is 15.4. The summed E-state index contributed by atoms with van der Waals surface area (Å²) >= 11 is 2.27. The summed E-state index contributed by atoms with van der Waals surface area (Å²) in [6.07, 6.45) is 11.2. The highest BCUT2D eigenvalue weighted by Crippen LogP contribution is 2.34. The first-order chi connectivity index (χ1) is 16.1. The molecule has 1 amide bonds. The number of aromatic hydroxyl groups is 1. The van der Waals surface area contributed by atoms with Crippen molar-refractivity contribution in [3.63, 3.8) is 0 Å². The first kappa shape index (κ1) is 23.8. The van der Waals surface area contributed by atoms with Crippen LogP contribution in [0.4, 0.5) is 0 Å². The number of amides is 1. The molecule has 5 nitrogen and oxygen atoms in total. The molecule has 33 heavy (non-hydrogen) atoms. The molecule has 0 aliphatic carbocycles. The third kappa shape index (κ3) is 6.84. The molecule has 2 aromatic carbocycles. The minimum atomic E-state index is -0.0266. The van der Waals surface area contributed by atoms with Gasteiger partial charge in [-0.15, -0.1) is 0 Å². The smallest absolute Gasteiger partial charge is 0.243 e. The summed E-state index contributed by atoms with van der Waals surface area (Å²) in [5.74, 6) is 0.861. The number of halogens is 1. The largest absolute Gasteiger partial charge is 0.508 e. The maximum absolute atomic E-state index is 12.0. The quantitative estimate of drug-likeness (QED) is 0.181. The fourth-order valence-electron chi connectivity index (χ4n) is 4.59. The van der Waals surface area contributed by atoms with E-state index in [1.807, 2.05) is 42.5 Å². The molecule has 1 fully saturated rings. The molecule has 1 aliphatic rings. The first-order valence-corrected chi connectivity index (χ1v) is 12.9. The monoisotopic (exact) mass is 557 g/mol. The number of benzene rings is 2. The SMILES string of the molecule is O=C(/C=C/c1ccc(I)cc1)NCCCCCN1CCC(c2c[nH]c3ccc(O)cc23)CC1. The second kappa shape index (κ2) is 11.7. The molecule has 0 atom stereocenters. The van der Waals surface area contributed by atoms with Gasteiger partial charge in [0.25, 0.3) is 0 Å². The molecule has 6 heteroatoms. The van der Waals surface area contributed by atoms with Crippen LogP contribution in [0.25, 0.3) is 17.0 Å². The number of nitrogens with zero attached hydrogens (tertiary/aromatic N) is 1. The van der Waals surface area contributed by atoms with Crippen LogP contribution >= 0.6 is 22.6 Å². The molecule has 0 bridgehead atoms. The van der Waals surface area contributed by atoms with Gasteiger partial charge in [-0.05, 0) is 121 Å². The molecule has 0 saturated carbocycles. The van der Waals surface area contributed by atoms with Crippen LogP contribution in [0.3, 0.4) is 0 Å². The Morgan fingerprint density at radius 1 is 1.12 bits per heavy atom. The standard InChI is InChI=1S/C27H32IN3O2/c28-22-7-4-20(5-8-22)6-11-27(33)29-14-2-1-3-15-31-16-12-21(13-17-31)25-19-30-26-10-9-23(32)18-24(25)26/h4-11,18-19,21,30,32H,1-3,12-17H2,(H,29,33)/b11-6+. The van der Waals surface area contributed by atoms with Gasteiger partial charge in [0.2, 0.25) is 5.91 Å². The number of carbonyl (C=O) groups excluding carboxylic acids is 1. The Kier molecular flexibility index (Phi) is 8.45. The molecule has 3 N–H and O–H groups in total. The number of fused-ring (bicyclic) bond motifs is 1. The summed E-state index contributed by atoms with van der Waals surface area (Å²) in [6, 6.07) is 13.7. The number of unbranched alkanes of at least 4 members (excludes halogenated alkanes) is 2. The van der Waals surface area contributed by atoms with Crippen LogP contribution in [0.1, 0.15) is 49.1 Å². The van der Waals surface area contributed by atoms with E-state index in [0.29, 0.717) is 11.7 Å². The third-order valence-electron chi connectivity index (χ3n) is 6.47. The number of hydrogen-bond acceptors (Lipinski definition) is 3. The van der Waals surface area contributed by atoms with Crippen LogP contribution in [-0.2, 0) is 4.79 Å². The van der Waals surface area contributed by atoms with Gasteiger partial charge in [-0.1, -0.05) is 18.6 Å². The topological polar surface area (TPSA) is 68.4 Å². The summed E-state index contributed by atoms with van der Waals surface area (Å²) in [5.41, 5.74) is 3.48. The molecular formula is C27H32IN3O2. The van der Waals surface area contributed by atoms with Gasteiger partial charge in [0.05, 0.1) is 0 Å². The minimum absolute atomic E-state index is 0.0266. The number of likely N-dealkylation sites (tertiary alicyclic amines) is 1. The Hall–Kier alpha value is -2.32. The molecule has 4 rings (SSSR count). The molecule has 0 unspecified atom stereocenters. The average molecular weight is 557 g/mol. The van der Waals surface area contributed by atoms with Crippen LogP contribution in [-0.4, -0.2) is 47.1 Å². The number of aromatic amines is 1. The number of phenolic OH excluding ortho intramolecular Hbond substituents is 1. The Labute approximate surface area is 209 Å². The number of hydrogen-bond donors (Lipinski definition) is 3. The van der Waals surface area contributed by atoms with Gasteiger partial charge >= 0.3 is 0 Å². The van der Waals surface area contributed by atoms with E-state index in [2.05, 4.69) is 44.0 Å². The predicted molar refractivity (Wildman–Crippen MR) is 143 cm³/mol. The number of carbonyl (C=O) groups is 1. The Morgan fingerprint density at radius 3 is 2.70 bits per heavy atom. The minimum Gasteiger partial charge on any atom is -0.508 e. The number of H-pyrrole nitrogens is 1. The molecule has 1 saturated heterocycles. The summed E-state index contributed by atoms with van der Waals surface area (Å²) in [4.78, 5) is 17.9.